The molecule has 1 N–H and O–H groups in total. The van der Waals surface area contributed by atoms with E-state index in [4.69, 9.17) is 4.74 Å². The highest BCUT2D eigenvalue weighted by Crippen LogP contribution is 2.32. The second-order valence-corrected chi connectivity index (χ2v) is 7.16. The molecule has 3 aromatic rings. The zero-order valence-electron chi connectivity index (χ0n) is 13.2. The minimum Gasteiger partial charge on any atom is -0.508 e. The van der Waals surface area contributed by atoms with Crippen LogP contribution in [0.15, 0.2) is 93.5 Å². The van der Waals surface area contributed by atoms with Gasteiger partial charge in [0, 0.05) is 6.07 Å². The number of carbonyl (C=O) groups excluding carboxylic acids is 1. The molecule has 1 unspecified atom stereocenters. The highest BCUT2D eigenvalue weighted by molar-refractivity contribution is 7.97. The van der Waals surface area contributed by atoms with Crippen molar-refractivity contribution in [3.05, 3.63) is 84.4 Å². The summed E-state index contributed by atoms with van der Waals surface area (Å²) in [5.74, 6) is -0.113. The van der Waals surface area contributed by atoms with Crippen LogP contribution >= 0.6 is 0 Å². The molecule has 1 atom stereocenters. The van der Waals surface area contributed by atoms with Gasteiger partial charge in [0.2, 0.25) is 0 Å². The number of rotatable bonds is 4. The maximum Gasteiger partial charge on any atom is 0.338 e. The fourth-order valence-electron chi connectivity index (χ4n) is 2.41. The Bertz CT molecular complexity index is 829. The van der Waals surface area contributed by atoms with E-state index < -0.39 is 0 Å². The second-order valence-electron chi connectivity index (χ2n) is 5.13. The summed E-state index contributed by atoms with van der Waals surface area (Å²) in [7, 11) is 1.01. The van der Waals surface area contributed by atoms with Crippen molar-refractivity contribution in [1.29, 1.82) is 0 Å². The Balaban J connectivity index is 2.12. The van der Waals surface area contributed by atoms with Crippen molar-refractivity contribution in [2.75, 3.05) is 7.11 Å². The van der Waals surface area contributed by atoms with E-state index in [-0.39, 0.29) is 22.6 Å². The van der Waals surface area contributed by atoms with Crippen molar-refractivity contribution in [2.24, 2.45) is 0 Å². The number of methoxy groups -OCH3 is 1. The van der Waals surface area contributed by atoms with Crippen LogP contribution in [0.25, 0.3) is 0 Å². The molecule has 0 saturated carbocycles. The summed E-state index contributed by atoms with van der Waals surface area (Å²) < 4.78 is 4.83. The molecule has 3 aromatic carbocycles. The molecule has 0 saturated heterocycles. The summed E-state index contributed by atoms with van der Waals surface area (Å²) in [6.45, 7) is 0. The monoisotopic (exact) mass is 337 g/mol. The number of carbonyl (C=O) groups is 1. The molecule has 0 spiro atoms. The predicted molar refractivity (Wildman–Crippen MR) is 94.5 cm³/mol. The molecule has 0 bridgehead atoms. The quantitative estimate of drug-likeness (QED) is 0.571. The van der Waals surface area contributed by atoms with Crippen LogP contribution in [-0.4, -0.2) is 18.2 Å². The maximum absolute atomic E-state index is 11.9. The van der Waals surface area contributed by atoms with Gasteiger partial charge in [-0.2, -0.15) is 0 Å². The van der Waals surface area contributed by atoms with E-state index >= 15 is 0 Å². The van der Waals surface area contributed by atoms with E-state index in [0.717, 1.165) is 14.7 Å². The Morgan fingerprint density at radius 1 is 0.833 bits per heavy atom. The number of ether oxygens (including phenoxy) is 1. The molecule has 0 aromatic heterocycles. The Morgan fingerprint density at radius 2 is 1.46 bits per heavy atom. The summed E-state index contributed by atoms with van der Waals surface area (Å²) >= 11 is 0. The molecule has 3 rings (SSSR count). The van der Waals surface area contributed by atoms with Crippen molar-refractivity contribution in [2.45, 2.75) is 14.7 Å². The first-order valence-corrected chi connectivity index (χ1v) is 8.68. The van der Waals surface area contributed by atoms with Gasteiger partial charge >= 0.3 is 5.97 Å². The standard InChI is InChI=1S/C20H16O3S/c1-23-20(22)15-6-5-9-19(14-15)24(17-7-3-2-4-8-17)18-12-10-16(21)11-13-18/h2-14H,1H3/p+1. The minimum atomic E-state index is -0.371. The first kappa shape index (κ1) is 16.1. The number of benzene rings is 3. The van der Waals surface area contributed by atoms with Crippen LogP contribution in [0.5, 0.6) is 5.75 Å². The Labute approximate surface area is 143 Å². The SMILES string of the molecule is COC(=O)c1cccc([S+](c2ccccc2)c2ccc(O)cc2)c1. The average molecular weight is 337 g/mol. The number of aromatic hydroxyl groups is 1. The van der Waals surface area contributed by atoms with E-state index in [1.165, 1.54) is 7.11 Å². The van der Waals surface area contributed by atoms with Gasteiger partial charge in [-0.25, -0.2) is 4.79 Å². The lowest BCUT2D eigenvalue weighted by Crippen LogP contribution is -2.07. The fraction of sp³-hybridized carbons (Fsp3) is 0.0500. The van der Waals surface area contributed by atoms with Crippen LogP contribution in [0.1, 0.15) is 10.4 Å². The predicted octanol–water partition coefficient (Wildman–Crippen LogP) is 4.27. The minimum absolute atomic E-state index is 0.235. The number of hydrogen-bond acceptors (Lipinski definition) is 3. The Hall–Kier alpha value is -2.72. The zero-order valence-corrected chi connectivity index (χ0v) is 14.0. The number of phenolic OH excluding ortho intramolecular Hbond substituents is 1. The van der Waals surface area contributed by atoms with E-state index in [1.54, 1.807) is 18.2 Å². The Kier molecular flexibility index (Phi) is 4.87. The van der Waals surface area contributed by atoms with Gasteiger partial charge in [0.05, 0.1) is 23.6 Å². The van der Waals surface area contributed by atoms with Gasteiger partial charge < -0.3 is 9.84 Å². The molecule has 0 aliphatic heterocycles. The molecule has 3 nitrogen and oxygen atoms in total. The van der Waals surface area contributed by atoms with E-state index in [1.807, 2.05) is 48.5 Å². The van der Waals surface area contributed by atoms with Crippen LogP contribution in [0.3, 0.4) is 0 Å². The third-order valence-corrected chi connectivity index (χ3v) is 5.75. The molecule has 0 radical (unpaired) electrons. The first-order valence-electron chi connectivity index (χ1n) is 7.46. The van der Waals surface area contributed by atoms with Crippen LogP contribution in [0, 0.1) is 0 Å². The molecular formula is C20H17O3S+. The van der Waals surface area contributed by atoms with Crippen LogP contribution in [0.4, 0.5) is 0 Å². The van der Waals surface area contributed by atoms with E-state index in [9.17, 15) is 9.90 Å². The van der Waals surface area contributed by atoms with Gasteiger partial charge in [-0.15, -0.1) is 0 Å². The summed E-state index contributed by atoms with van der Waals surface area (Å²) in [6.07, 6.45) is 0. The zero-order chi connectivity index (χ0) is 16.9. The summed E-state index contributed by atoms with van der Waals surface area (Å²) in [6, 6.07) is 24.8. The van der Waals surface area contributed by atoms with Crippen molar-refractivity contribution in [1.82, 2.24) is 0 Å². The maximum atomic E-state index is 11.9. The summed E-state index contributed by atoms with van der Waals surface area (Å²) in [5.41, 5.74) is 0.530. The molecule has 4 heteroatoms. The van der Waals surface area contributed by atoms with Crippen LogP contribution < -0.4 is 0 Å². The molecular weight excluding hydrogens is 320 g/mol. The van der Waals surface area contributed by atoms with E-state index in [2.05, 4.69) is 12.1 Å². The summed E-state index contributed by atoms with van der Waals surface area (Å²) in [4.78, 5) is 15.1. The van der Waals surface area contributed by atoms with Crippen molar-refractivity contribution < 1.29 is 14.6 Å². The van der Waals surface area contributed by atoms with Crippen molar-refractivity contribution in [3.63, 3.8) is 0 Å². The molecule has 0 fully saturated rings. The average Bonchev–Trinajstić information content (AvgIpc) is 2.64. The number of phenols is 1. The Morgan fingerprint density at radius 3 is 2.12 bits per heavy atom. The number of hydrogen-bond donors (Lipinski definition) is 1. The van der Waals surface area contributed by atoms with Gasteiger partial charge in [0.25, 0.3) is 0 Å². The van der Waals surface area contributed by atoms with E-state index in [0.29, 0.717) is 5.56 Å². The molecule has 0 heterocycles. The lowest BCUT2D eigenvalue weighted by atomic mass is 10.2. The fourth-order valence-corrected chi connectivity index (χ4v) is 4.53. The smallest absolute Gasteiger partial charge is 0.338 e. The topological polar surface area (TPSA) is 46.5 Å². The molecule has 0 aliphatic rings. The van der Waals surface area contributed by atoms with Gasteiger partial charge in [-0.3, -0.25) is 0 Å². The first-order chi connectivity index (χ1) is 11.7. The second kappa shape index (κ2) is 7.23. The van der Waals surface area contributed by atoms with Gasteiger partial charge in [0.15, 0.2) is 14.7 Å². The highest BCUT2D eigenvalue weighted by atomic mass is 32.2. The van der Waals surface area contributed by atoms with Crippen molar-refractivity contribution in [3.8, 4) is 5.75 Å². The highest BCUT2D eigenvalue weighted by Gasteiger charge is 2.29. The lowest BCUT2D eigenvalue weighted by Gasteiger charge is -2.09. The van der Waals surface area contributed by atoms with Gasteiger partial charge in [0.1, 0.15) is 5.75 Å². The normalized spacial score (nSPS) is 11.7. The molecule has 0 amide bonds. The van der Waals surface area contributed by atoms with Crippen LogP contribution in [-0.2, 0) is 15.6 Å². The molecule has 0 aliphatic carbocycles. The summed E-state index contributed by atoms with van der Waals surface area (Å²) in [5, 5.41) is 9.57. The van der Waals surface area contributed by atoms with Gasteiger partial charge in [-0.1, -0.05) is 24.3 Å². The largest absolute Gasteiger partial charge is 0.508 e. The third kappa shape index (κ3) is 3.44. The van der Waals surface area contributed by atoms with Gasteiger partial charge in [-0.05, 0) is 48.5 Å². The molecule has 24 heavy (non-hydrogen) atoms. The number of esters is 1. The van der Waals surface area contributed by atoms with Crippen molar-refractivity contribution >= 4 is 16.9 Å². The third-order valence-electron chi connectivity index (χ3n) is 3.54. The molecule has 120 valence electrons. The van der Waals surface area contributed by atoms with Crippen LogP contribution in [0.2, 0.25) is 0 Å². The lowest BCUT2D eigenvalue weighted by molar-refractivity contribution is 0.0600.